The number of rotatable bonds is 0. The molecule has 6 heteroatoms. The fourth-order valence-electron chi connectivity index (χ4n) is 1.29. The van der Waals surface area contributed by atoms with Crippen molar-refractivity contribution in [3.63, 3.8) is 0 Å². The van der Waals surface area contributed by atoms with Crippen molar-refractivity contribution in [1.29, 1.82) is 0 Å². The normalized spacial score (nSPS) is 22.0. The van der Waals surface area contributed by atoms with Crippen LogP contribution in [0.3, 0.4) is 0 Å². The average molecular weight is 222 g/mol. The summed E-state index contributed by atoms with van der Waals surface area (Å²) in [7, 11) is 1.80. The van der Waals surface area contributed by atoms with E-state index in [1.54, 1.807) is 19.2 Å². The van der Waals surface area contributed by atoms with E-state index in [1.165, 1.54) is 0 Å². The second-order valence-electron chi connectivity index (χ2n) is 3.48. The van der Waals surface area contributed by atoms with Crippen LogP contribution in [-0.2, 0) is 4.79 Å². The van der Waals surface area contributed by atoms with Gasteiger partial charge in [0.1, 0.15) is 0 Å². The molecular weight excluding hydrogens is 209 g/mol. The van der Waals surface area contributed by atoms with Gasteiger partial charge in [0.05, 0.1) is 0 Å². The van der Waals surface area contributed by atoms with Gasteiger partial charge in [-0.15, -0.1) is 0 Å². The van der Waals surface area contributed by atoms with Gasteiger partial charge in [0.2, 0.25) is 0 Å². The number of alkyl halides is 3. The minimum Gasteiger partial charge on any atom is -0.330 e. The maximum atomic E-state index is 12.1. The van der Waals surface area contributed by atoms with Crippen LogP contribution >= 0.6 is 0 Å². The molecule has 0 radical (unpaired) electrons. The van der Waals surface area contributed by atoms with Gasteiger partial charge in [-0.05, 0) is 7.05 Å². The lowest BCUT2D eigenvalue weighted by molar-refractivity contribution is -0.185. The highest BCUT2D eigenvalue weighted by atomic mass is 19.4. The van der Waals surface area contributed by atoms with E-state index in [9.17, 15) is 18.0 Å². The molecule has 0 fully saturated rings. The smallest absolute Gasteiger partial charge is 0.330 e. The Morgan fingerprint density at radius 2 is 1.80 bits per heavy atom. The minimum absolute atomic E-state index is 0.0339. The Kier molecular flexibility index (Phi) is 3.73. The lowest BCUT2D eigenvalue weighted by Gasteiger charge is -2.26. The molecule has 0 unspecified atom stereocenters. The molecule has 1 heterocycles. The minimum atomic E-state index is -4.77. The highest BCUT2D eigenvalue weighted by Crippen LogP contribution is 2.18. The van der Waals surface area contributed by atoms with Gasteiger partial charge in [-0.25, -0.2) is 0 Å². The van der Waals surface area contributed by atoms with Crippen molar-refractivity contribution in [2.24, 2.45) is 0 Å². The monoisotopic (exact) mass is 222 g/mol. The first-order chi connectivity index (χ1) is 6.91. The van der Waals surface area contributed by atoms with E-state index < -0.39 is 12.1 Å². The number of nitrogens with zero attached hydrogens (tertiary/aromatic N) is 2. The zero-order chi connectivity index (χ0) is 11.5. The highest BCUT2D eigenvalue weighted by molar-refractivity contribution is 5.82. The van der Waals surface area contributed by atoms with E-state index in [4.69, 9.17) is 0 Å². The molecule has 0 atom stereocenters. The Morgan fingerprint density at radius 3 is 2.40 bits per heavy atom. The van der Waals surface area contributed by atoms with Gasteiger partial charge in [0.25, 0.3) is 0 Å². The average Bonchev–Trinajstić information content (AvgIpc) is 2.10. The molecule has 1 amide bonds. The van der Waals surface area contributed by atoms with E-state index in [-0.39, 0.29) is 13.1 Å². The fourth-order valence-corrected chi connectivity index (χ4v) is 1.29. The number of carbonyl (C=O) groups is 1. The van der Waals surface area contributed by atoms with Crippen molar-refractivity contribution >= 4 is 5.91 Å². The molecule has 1 aliphatic heterocycles. The summed E-state index contributed by atoms with van der Waals surface area (Å²) < 4.78 is 36.4. The molecule has 0 aromatic rings. The summed E-state index contributed by atoms with van der Waals surface area (Å²) in [5, 5.41) is 0. The molecular formula is C9H13F3N2O. The molecule has 15 heavy (non-hydrogen) atoms. The summed E-state index contributed by atoms with van der Waals surface area (Å²) in [6.07, 6.45) is -1.43. The lowest BCUT2D eigenvalue weighted by atomic mass is 10.3. The molecule has 0 saturated carbocycles. The summed E-state index contributed by atoms with van der Waals surface area (Å²) in [4.78, 5) is 13.6. The van der Waals surface area contributed by atoms with Gasteiger partial charge in [-0.2, -0.15) is 13.2 Å². The van der Waals surface area contributed by atoms with Crippen molar-refractivity contribution in [2.45, 2.75) is 6.18 Å². The summed E-state index contributed by atoms with van der Waals surface area (Å²) in [5.74, 6) is -1.76. The Labute approximate surface area is 86.1 Å². The second-order valence-corrected chi connectivity index (χ2v) is 3.48. The predicted octanol–water partition coefficient (Wildman–Crippen LogP) is 0.879. The summed E-state index contributed by atoms with van der Waals surface area (Å²) in [5.41, 5.74) is 0. The van der Waals surface area contributed by atoms with Crippen molar-refractivity contribution in [3.8, 4) is 0 Å². The quantitative estimate of drug-likeness (QED) is 0.568. The van der Waals surface area contributed by atoms with Crippen LogP contribution in [-0.4, -0.2) is 55.1 Å². The third-order valence-electron chi connectivity index (χ3n) is 2.19. The number of carbonyl (C=O) groups excluding carboxylic acids is 1. The topological polar surface area (TPSA) is 23.6 Å². The zero-order valence-electron chi connectivity index (χ0n) is 8.42. The highest BCUT2D eigenvalue weighted by Gasteiger charge is 2.42. The van der Waals surface area contributed by atoms with Crippen LogP contribution in [0.1, 0.15) is 0 Å². The molecule has 0 bridgehead atoms. The van der Waals surface area contributed by atoms with Gasteiger partial charge in [-0.3, -0.25) is 4.79 Å². The van der Waals surface area contributed by atoms with Gasteiger partial charge < -0.3 is 9.80 Å². The van der Waals surface area contributed by atoms with Crippen LogP contribution in [0.5, 0.6) is 0 Å². The zero-order valence-corrected chi connectivity index (χ0v) is 8.42. The molecule has 1 aliphatic rings. The Balaban J connectivity index is 2.65. The molecule has 3 nitrogen and oxygen atoms in total. The maximum Gasteiger partial charge on any atom is 0.471 e. The summed E-state index contributed by atoms with van der Waals surface area (Å²) in [6.45, 7) is 1.30. The molecule has 0 aromatic heterocycles. The Hall–Kier alpha value is -1.04. The molecule has 1 rings (SSSR count). The number of halogens is 3. The molecule has 0 aliphatic carbocycles. The van der Waals surface area contributed by atoms with Crippen LogP contribution in [0.4, 0.5) is 13.2 Å². The Bertz CT molecular complexity index is 263. The van der Waals surface area contributed by atoms with Crippen molar-refractivity contribution in [3.05, 3.63) is 12.2 Å². The van der Waals surface area contributed by atoms with E-state index >= 15 is 0 Å². The SMILES string of the molecule is CN1C/C=C\CN(C(=O)C(F)(F)F)CC1. The largest absolute Gasteiger partial charge is 0.471 e. The van der Waals surface area contributed by atoms with E-state index in [0.29, 0.717) is 13.1 Å². The third kappa shape index (κ3) is 3.54. The first-order valence-corrected chi connectivity index (χ1v) is 4.61. The molecule has 86 valence electrons. The number of hydrogen-bond donors (Lipinski definition) is 0. The van der Waals surface area contributed by atoms with Crippen LogP contribution in [0.15, 0.2) is 12.2 Å². The first kappa shape index (κ1) is 12.0. The fraction of sp³-hybridized carbons (Fsp3) is 0.667. The molecule has 0 spiro atoms. The van der Waals surface area contributed by atoms with E-state index in [2.05, 4.69) is 0 Å². The van der Waals surface area contributed by atoms with Crippen molar-refractivity contribution in [2.75, 3.05) is 33.2 Å². The standard InChI is InChI=1S/C9H13F3N2O/c1-13-4-2-3-5-14(7-6-13)8(15)9(10,11)12/h2-3H,4-7H2,1H3/b3-2-. The van der Waals surface area contributed by atoms with Gasteiger partial charge in [0, 0.05) is 26.2 Å². The van der Waals surface area contributed by atoms with E-state index in [0.717, 1.165) is 4.90 Å². The second kappa shape index (κ2) is 4.65. The molecule has 0 aromatic carbocycles. The van der Waals surface area contributed by atoms with Crippen LogP contribution in [0.25, 0.3) is 0 Å². The van der Waals surface area contributed by atoms with Gasteiger partial charge in [-0.1, -0.05) is 12.2 Å². The van der Waals surface area contributed by atoms with Crippen molar-refractivity contribution in [1.82, 2.24) is 9.80 Å². The lowest BCUT2D eigenvalue weighted by Crippen LogP contribution is -2.45. The van der Waals surface area contributed by atoms with Gasteiger partial charge in [0.15, 0.2) is 0 Å². The maximum absolute atomic E-state index is 12.1. The van der Waals surface area contributed by atoms with Crippen LogP contribution < -0.4 is 0 Å². The van der Waals surface area contributed by atoms with E-state index in [1.807, 2.05) is 4.90 Å². The number of hydrogen-bond acceptors (Lipinski definition) is 2. The van der Waals surface area contributed by atoms with Crippen LogP contribution in [0.2, 0.25) is 0 Å². The number of amides is 1. The molecule has 0 N–H and O–H groups in total. The summed E-state index contributed by atoms with van der Waals surface area (Å²) >= 11 is 0. The summed E-state index contributed by atoms with van der Waals surface area (Å²) in [6, 6.07) is 0. The Morgan fingerprint density at radius 1 is 1.20 bits per heavy atom. The van der Waals surface area contributed by atoms with Crippen LogP contribution in [0, 0.1) is 0 Å². The molecule has 0 saturated heterocycles. The van der Waals surface area contributed by atoms with Gasteiger partial charge >= 0.3 is 12.1 Å². The first-order valence-electron chi connectivity index (χ1n) is 4.61. The van der Waals surface area contributed by atoms with Crippen molar-refractivity contribution < 1.29 is 18.0 Å². The number of likely N-dealkylation sites (N-methyl/N-ethyl adjacent to an activating group) is 1. The third-order valence-corrected chi connectivity index (χ3v) is 2.19. The predicted molar refractivity (Wildman–Crippen MR) is 49.3 cm³/mol.